The SMILES string of the molecule is O=C(c1ccccc1)c1cccc([N-]S(=O)(=O)C(F)F)c1.[Na+]. The van der Waals surface area contributed by atoms with Gasteiger partial charge in [-0.3, -0.25) is 4.79 Å². The molecule has 2 aromatic carbocycles. The molecule has 0 aliphatic rings. The van der Waals surface area contributed by atoms with E-state index in [0.717, 1.165) is 6.07 Å². The van der Waals surface area contributed by atoms with Crippen molar-refractivity contribution in [3.05, 3.63) is 70.4 Å². The van der Waals surface area contributed by atoms with E-state index in [9.17, 15) is 22.0 Å². The van der Waals surface area contributed by atoms with Gasteiger partial charge in [0.25, 0.3) is 0 Å². The molecule has 0 saturated heterocycles. The summed E-state index contributed by atoms with van der Waals surface area (Å²) < 4.78 is 49.6. The van der Waals surface area contributed by atoms with Crippen LogP contribution >= 0.6 is 0 Å². The minimum Gasteiger partial charge on any atom is -0.572 e. The zero-order valence-electron chi connectivity index (χ0n) is 11.6. The van der Waals surface area contributed by atoms with E-state index in [1.807, 2.05) is 0 Å². The monoisotopic (exact) mass is 333 g/mol. The molecule has 0 aromatic heterocycles. The molecule has 0 bridgehead atoms. The van der Waals surface area contributed by atoms with Crippen molar-refractivity contribution in [2.24, 2.45) is 0 Å². The topological polar surface area (TPSA) is 65.3 Å². The predicted octanol–water partition coefficient (Wildman–Crippen LogP) is 0.479. The number of hydrogen-bond acceptors (Lipinski definition) is 3. The van der Waals surface area contributed by atoms with Gasteiger partial charge in [0.05, 0.1) is 0 Å². The molecule has 0 heterocycles. The van der Waals surface area contributed by atoms with Crippen molar-refractivity contribution in [2.75, 3.05) is 0 Å². The van der Waals surface area contributed by atoms with E-state index in [2.05, 4.69) is 4.72 Å². The molecule has 4 nitrogen and oxygen atoms in total. The molecule has 2 aromatic rings. The smallest absolute Gasteiger partial charge is 0.572 e. The van der Waals surface area contributed by atoms with Gasteiger partial charge in [0.15, 0.2) is 15.8 Å². The second-order valence-electron chi connectivity index (χ2n) is 4.11. The minimum atomic E-state index is -4.88. The summed E-state index contributed by atoms with van der Waals surface area (Å²) in [5.41, 5.74) is 0.371. The molecule has 0 unspecified atom stereocenters. The zero-order valence-corrected chi connectivity index (χ0v) is 14.4. The van der Waals surface area contributed by atoms with Gasteiger partial charge in [-0.2, -0.15) is 8.78 Å². The Labute approximate surface area is 148 Å². The first-order chi connectivity index (χ1) is 9.90. The molecule has 0 aliphatic heterocycles. The quantitative estimate of drug-likeness (QED) is 0.590. The van der Waals surface area contributed by atoms with E-state index in [1.54, 1.807) is 30.3 Å². The largest absolute Gasteiger partial charge is 1.00 e. The Morgan fingerprint density at radius 3 is 2.14 bits per heavy atom. The van der Waals surface area contributed by atoms with Crippen molar-refractivity contribution in [1.29, 1.82) is 0 Å². The molecule has 22 heavy (non-hydrogen) atoms. The maximum atomic E-state index is 12.3. The summed E-state index contributed by atoms with van der Waals surface area (Å²) in [6.45, 7) is 0. The molecular weight excluding hydrogens is 323 g/mol. The first-order valence-electron chi connectivity index (χ1n) is 5.85. The zero-order chi connectivity index (χ0) is 15.5. The summed E-state index contributed by atoms with van der Waals surface area (Å²) >= 11 is 0. The van der Waals surface area contributed by atoms with Gasteiger partial charge in [0.2, 0.25) is 0 Å². The van der Waals surface area contributed by atoms with Crippen LogP contribution in [0.25, 0.3) is 4.72 Å². The van der Waals surface area contributed by atoms with Gasteiger partial charge in [-0.05, 0) is 0 Å². The number of alkyl halides is 2. The summed E-state index contributed by atoms with van der Waals surface area (Å²) in [6.07, 6.45) is 0. The maximum Gasteiger partial charge on any atom is 1.00 e. The average Bonchev–Trinajstić information content (AvgIpc) is 2.47. The molecule has 0 saturated carbocycles. The van der Waals surface area contributed by atoms with Crippen LogP contribution in [0.4, 0.5) is 14.5 Å². The van der Waals surface area contributed by atoms with Crippen molar-refractivity contribution < 1.29 is 51.6 Å². The third-order valence-electron chi connectivity index (χ3n) is 2.60. The van der Waals surface area contributed by atoms with Crippen LogP contribution in [-0.2, 0) is 10.0 Å². The Kier molecular flexibility index (Phi) is 6.67. The first-order valence-corrected chi connectivity index (χ1v) is 7.35. The number of halogens is 2. The van der Waals surface area contributed by atoms with Gasteiger partial charge >= 0.3 is 35.3 Å². The van der Waals surface area contributed by atoms with Gasteiger partial charge in [-0.25, -0.2) is 8.42 Å². The van der Waals surface area contributed by atoms with Crippen molar-refractivity contribution in [1.82, 2.24) is 0 Å². The van der Waals surface area contributed by atoms with E-state index in [4.69, 9.17) is 0 Å². The van der Waals surface area contributed by atoms with Gasteiger partial charge in [-0.1, -0.05) is 54.6 Å². The fourth-order valence-corrected chi connectivity index (χ4v) is 2.13. The maximum absolute atomic E-state index is 12.3. The molecule has 0 amide bonds. The van der Waals surface area contributed by atoms with Crippen LogP contribution in [0, 0.1) is 0 Å². The van der Waals surface area contributed by atoms with Crippen LogP contribution < -0.4 is 29.6 Å². The molecular formula is C14H10F2NNaO3S. The summed E-state index contributed by atoms with van der Waals surface area (Å²) in [5, 5.41) is 0. The second-order valence-corrected chi connectivity index (χ2v) is 5.68. The Bertz CT molecular complexity index is 752. The summed E-state index contributed by atoms with van der Waals surface area (Å²) in [5.74, 6) is -3.94. The minimum absolute atomic E-state index is 0. The fourth-order valence-electron chi connectivity index (χ4n) is 1.65. The van der Waals surface area contributed by atoms with Crippen LogP contribution in [0.2, 0.25) is 0 Å². The van der Waals surface area contributed by atoms with Crippen molar-refractivity contribution in [2.45, 2.75) is 5.76 Å². The number of sulfonamides is 1. The summed E-state index contributed by atoms with van der Waals surface area (Å²) in [7, 11) is -4.88. The summed E-state index contributed by atoms with van der Waals surface area (Å²) in [4.78, 5) is 12.2. The number of carbonyl (C=O) groups is 1. The standard InChI is InChI=1S/C14H10F2NO3S.Na/c15-14(16)21(19,20)17-12-8-4-7-11(9-12)13(18)10-5-2-1-3-6-10;/h1-9,14H;/q-1;+1. The van der Waals surface area contributed by atoms with Gasteiger partial charge in [-0.15, -0.1) is 5.69 Å². The number of nitrogens with zero attached hydrogens (tertiary/aromatic N) is 1. The van der Waals surface area contributed by atoms with Crippen LogP contribution in [0.1, 0.15) is 15.9 Å². The first kappa shape index (κ1) is 18.8. The fraction of sp³-hybridized carbons (Fsp3) is 0.0714. The summed E-state index contributed by atoms with van der Waals surface area (Å²) in [6, 6.07) is 13.6. The molecule has 0 aliphatic carbocycles. The molecule has 0 N–H and O–H groups in total. The number of carbonyl (C=O) groups excluding carboxylic acids is 1. The van der Waals surface area contributed by atoms with Gasteiger partial charge in [0, 0.05) is 11.1 Å². The van der Waals surface area contributed by atoms with Crippen LogP contribution in [0.5, 0.6) is 0 Å². The van der Waals surface area contributed by atoms with Crippen molar-refractivity contribution >= 4 is 21.5 Å². The molecule has 110 valence electrons. The molecule has 0 fully saturated rings. The average molecular weight is 333 g/mol. The Morgan fingerprint density at radius 2 is 1.55 bits per heavy atom. The molecule has 0 spiro atoms. The van der Waals surface area contributed by atoms with Crippen molar-refractivity contribution in [3.8, 4) is 0 Å². The third-order valence-corrected chi connectivity index (χ3v) is 3.52. The Hall–Kier alpha value is -1.28. The van der Waals surface area contributed by atoms with Crippen LogP contribution in [0.15, 0.2) is 54.6 Å². The third kappa shape index (κ3) is 4.61. The molecule has 0 radical (unpaired) electrons. The number of hydrogen-bond donors (Lipinski definition) is 0. The van der Waals surface area contributed by atoms with E-state index in [0.29, 0.717) is 5.56 Å². The van der Waals surface area contributed by atoms with Crippen molar-refractivity contribution in [3.63, 3.8) is 0 Å². The van der Waals surface area contributed by atoms with E-state index in [1.165, 1.54) is 18.2 Å². The van der Waals surface area contributed by atoms with Gasteiger partial charge in [0.1, 0.15) is 0 Å². The Balaban J connectivity index is 0.00000242. The molecule has 8 heteroatoms. The number of rotatable bonds is 5. The van der Waals surface area contributed by atoms with E-state index in [-0.39, 0.29) is 46.6 Å². The van der Waals surface area contributed by atoms with Gasteiger partial charge < -0.3 is 4.72 Å². The Morgan fingerprint density at radius 1 is 0.955 bits per heavy atom. The molecule has 0 atom stereocenters. The number of ketones is 1. The van der Waals surface area contributed by atoms with Crippen LogP contribution in [0.3, 0.4) is 0 Å². The second kappa shape index (κ2) is 7.82. The predicted molar refractivity (Wildman–Crippen MR) is 74.3 cm³/mol. The normalized spacial score (nSPS) is 10.9. The molecule has 2 rings (SSSR count). The van der Waals surface area contributed by atoms with E-state index < -0.39 is 15.8 Å². The van der Waals surface area contributed by atoms with E-state index >= 15 is 0 Å². The van der Waals surface area contributed by atoms with Crippen LogP contribution in [-0.4, -0.2) is 20.0 Å². The number of benzene rings is 2.